The molecule has 0 saturated carbocycles. The van der Waals surface area contributed by atoms with Gasteiger partial charge in [0, 0.05) is 31.0 Å². The molecule has 1 saturated heterocycles. The van der Waals surface area contributed by atoms with E-state index >= 15 is 0 Å². The molecule has 2 aliphatic heterocycles. The number of nitrogens with zero attached hydrogens (tertiary/aromatic N) is 3. The second-order valence-corrected chi connectivity index (χ2v) is 8.40. The van der Waals surface area contributed by atoms with Gasteiger partial charge in [0.25, 0.3) is 5.91 Å². The Labute approximate surface area is 178 Å². The first-order valence-corrected chi connectivity index (χ1v) is 10.9. The highest BCUT2D eigenvalue weighted by atomic mass is 16.2. The number of carbonyl (C=O) groups excluding carboxylic acids is 2. The van der Waals surface area contributed by atoms with Gasteiger partial charge in [0.2, 0.25) is 5.91 Å². The summed E-state index contributed by atoms with van der Waals surface area (Å²) in [7, 11) is 0. The molecular weight excluding hydrogens is 376 g/mol. The van der Waals surface area contributed by atoms with Crippen LogP contribution in [0.3, 0.4) is 0 Å². The SMILES string of the molecule is Cc1cccc(N2C(=O)c3cccnc3[C@H]2CC(=O)NCCN2CCCC[C@@H]2C)c1. The van der Waals surface area contributed by atoms with E-state index in [9.17, 15) is 9.59 Å². The third-order valence-electron chi connectivity index (χ3n) is 6.24. The lowest BCUT2D eigenvalue weighted by molar-refractivity contribution is -0.121. The molecule has 2 aromatic rings. The topological polar surface area (TPSA) is 65.5 Å². The Bertz CT molecular complexity index is 929. The number of piperidine rings is 1. The minimum absolute atomic E-state index is 0.0476. The van der Waals surface area contributed by atoms with Crippen LogP contribution in [0.1, 0.15) is 60.3 Å². The van der Waals surface area contributed by atoms with Crippen LogP contribution in [-0.2, 0) is 4.79 Å². The van der Waals surface area contributed by atoms with Gasteiger partial charge >= 0.3 is 0 Å². The number of amides is 2. The van der Waals surface area contributed by atoms with Gasteiger partial charge in [0.05, 0.1) is 23.7 Å². The number of fused-ring (bicyclic) bond motifs is 1. The van der Waals surface area contributed by atoms with E-state index in [1.165, 1.54) is 19.3 Å². The molecule has 2 aliphatic rings. The van der Waals surface area contributed by atoms with Gasteiger partial charge in [0.1, 0.15) is 0 Å². The Morgan fingerprint density at radius 3 is 2.90 bits per heavy atom. The van der Waals surface area contributed by atoms with E-state index < -0.39 is 0 Å². The average Bonchev–Trinajstić information content (AvgIpc) is 3.01. The van der Waals surface area contributed by atoms with E-state index in [4.69, 9.17) is 0 Å². The maximum absolute atomic E-state index is 13.1. The Morgan fingerprint density at radius 1 is 1.23 bits per heavy atom. The van der Waals surface area contributed by atoms with Crippen LogP contribution in [0.5, 0.6) is 0 Å². The number of hydrogen-bond acceptors (Lipinski definition) is 4. The van der Waals surface area contributed by atoms with Crippen molar-refractivity contribution in [3.05, 3.63) is 59.4 Å². The number of hydrogen-bond donors (Lipinski definition) is 1. The summed E-state index contributed by atoms with van der Waals surface area (Å²) in [6, 6.07) is 11.6. The van der Waals surface area contributed by atoms with Crippen molar-refractivity contribution in [1.29, 1.82) is 0 Å². The van der Waals surface area contributed by atoms with Crippen molar-refractivity contribution < 1.29 is 9.59 Å². The first-order valence-electron chi connectivity index (χ1n) is 10.9. The first-order chi connectivity index (χ1) is 14.5. The van der Waals surface area contributed by atoms with Gasteiger partial charge in [0.15, 0.2) is 0 Å². The molecule has 0 aliphatic carbocycles. The second-order valence-electron chi connectivity index (χ2n) is 8.40. The lowest BCUT2D eigenvalue weighted by atomic mass is 10.0. The van der Waals surface area contributed by atoms with Crippen LogP contribution < -0.4 is 10.2 Å². The number of aromatic nitrogens is 1. The van der Waals surface area contributed by atoms with Crippen LogP contribution in [0, 0.1) is 6.92 Å². The van der Waals surface area contributed by atoms with E-state index in [-0.39, 0.29) is 24.3 Å². The van der Waals surface area contributed by atoms with Gasteiger partial charge < -0.3 is 5.32 Å². The number of rotatable bonds is 6. The van der Waals surface area contributed by atoms with E-state index in [1.54, 1.807) is 23.2 Å². The van der Waals surface area contributed by atoms with Gasteiger partial charge in [-0.25, -0.2) is 0 Å². The van der Waals surface area contributed by atoms with Crippen LogP contribution in [-0.4, -0.2) is 47.4 Å². The number of pyridine rings is 1. The normalized spacial score (nSPS) is 21.5. The number of nitrogens with one attached hydrogen (secondary N) is 1. The summed E-state index contributed by atoms with van der Waals surface area (Å²) in [4.78, 5) is 34.5. The van der Waals surface area contributed by atoms with E-state index in [0.29, 0.717) is 23.8 Å². The molecule has 0 spiro atoms. The average molecular weight is 407 g/mol. The summed E-state index contributed by atoms with van der Waals surface area (Å²) < 4.78 is 0. The molecule has 1 aromatic heterocycles. The van der Waals surface area contributed by atoms with Crippen LogP contribution in [0.15, 0.2) is 42.6 Å². The summed E-state index contributed by atoms with van der Waals surface area (Å²) in [5.74, 6) is -0.141. The molecule has 0 bridgehead atoms. The van der Waals surface area contributed by atoms with Crippen LogP contribution in [0.25, 0.3) is 0 Å². The molecule has 6 nitrogen and oxygen atoms in total. The van der Waals surface area contributed by atoms with Crippen LogP contribution >= 0.6 is 0 Å². The number of aryl methyl sites for hydroxylation is 1. The van der Waals surface area contributed by atoms with Gasteiger partial charge in [-0.15, -0.1) is 0 Å². The zero-order valence-corrected chi connectivity index (χ0v) is 17.8. The molecule has 2 amide bonds. The third-order valence-corrected chi connectivity index (χ3v) is 6.24. The zero-order valence-electron chi connectivity index (χ0n) is 17.8. The van der Waals surface area contributed by atoms with Crippen molar-refractivity contribution >= 4 is 17.5 Å². The standard InChI is InChI=1S/C24H30N4O2/c1-17-7-5-9-19(15-17)28-21(23-20(24(28)30)10-6-11-26-23)16-22(29)25-12-14-27-13-4-3-8-18(27)2/h5-7,9-11,15,18,21H,3-4,8,12-14,16H2,1-2H3,(H,25,29)/t18-,21+/m0/s1. The molecule has 158 valence electrons. The van der Waals surface area contributed by atoms with Crippen molar-refractivity contribution in [2.24, 2.45) is 0 Å². The molecule has 0 unspecified atom stereocenters. The predicted molar refractivity (Wildman–Crippen MR) is 117 cm³/mol. The van der Waals surface area contributed by atoms with Crippen molar-refractivity contribution in [2.45, 2.75) is 51.6 Å². The fourth-order valence-corrected chi connectivity index (χ4v) is 4.60. The van der Waals surface area contributed by atoms with Crippen LogP contribution in [0.2, 0.25) is 0 Å². The van der Waals surface area contributed by atoms with Crippen molar-refractivity contribution in [2.75, 3.05) is 24.5 Å². The first kappa shape index (κ1) is 20.5. The Kier molecular flexibility index (Phi) is 6.13. The monoisotopic (exact) mass is 406 g/mol. The quantitative estimate of drug-likeness (QED) is 0.798. The fourth-order valence-electron chi connectivity index (χ4n) is 4.60. The molecular formula is C24H30N4O2. The summed E-state index contributed by atoms with van der Waals surface area (Å²) in [5, 5.41) is 3.06. The lowest BCUT2D eigenvalue weighted by Gasteiger charge is -2.33. The molecule has 4 rings (SSSR count). The fraction of sp³-hybridized carbons (Fsp3) is 0.458. The van der Waals surface area contributed by atoms with Gasteiger partial charge in [-0.3, -0.25) is 24.4 Å². The molecule has 1 aromatic carbocycles. The molecule has 6 heteroatoms. The summed E-state index contributed by atoms with van der Waals surface area (Å²) in [6.07, 6.45) is 5.65. The maximum Gasteiger partial charge on any atom is 0.260 e. The Morgan fingerprint density at radius 2 is 2.10 bits per heavy atom. The molecule has 2 atom stereocenters. The van der Waals surface area contributed by atoms with Crippen molar-refractivity contribution in [1.82, 2.24) is 15.2 Å². The molecule has 0 radical (unpaired) electrons. The van der Waals surface area contributed by atoms with Gasteiger partial charge in [-0.05, 0) is 63.1 Å². The van der Waals surface area contributed by atoms with Crippen molar-refractivity contribution in [3.8, 4) is 0 Å². The number of benzene rings is 1. The summed E-state index contributed by atoms with van der Waals surface area (Å²) in [6.45, 7) is 6.86. The van der Waals surface area contributed by atoms with Gasteiger partial charge in [-0.1, -0.05) is 18.6 Å². The zero-order chi connectivity index (χ0) is 21.1. The van der Waals surface area contributed by atoms with Crippen molar-refractivity contribution in [3.63, 3.8) is 0 Å². The highest BCUT2D eigenvalue weighted by molar-refractivity contribution is 6.11. The lowest BCUT2D eigenvalue weighted by Crippen LogP contribution is -2.43. The number of likely N-dealkylation sites (tertiary alicyclic amines) is 1. The number of anilines is 1. The highest BCUT2D eigenvalue weighted by Crippen LogP contribution is 2.38. The van der Waals surface area contributed by atoms with E-state index in [2.05, 4.69) is 22.1 Å². The van der Waals surface area contributed by atoms with E-state index in [0.717, 1.165) is 24.3 Å². The Balaban J connectivity index is 1.46. The second kappa shape index (κ2) is 8.96. The molecule has 30 heavy (non-hydrogen) atoms. The predicted octanol–water partition coefficient (Wildman–Crippen LogP) is 3.47. The Hall–Kier alpha value is -2.73. The minimum atomic E-state index is -0.385. The van der Waals surface area contributed by atoms with E-state index in [1.807, 2.05) is 31.2 Å². The van der Waals surface area contributed by atoms with Crippen LogP contribution in [0.4, 0.5) is 5.69 Å². The maximum atomic E-state index is 13.1. The molecule has 1 fully saturated rings. The summed E-state index contributed by atoms with van der Waals surface area (Å²) in [5.41, 5.74) is 3.14. The number of carbonyl (C=O) groups is 2. The molecule has 1 N–H and O–H groups in total. The largest absolute Gasteiger partial charge is 0.355 e. The van der Waals surface area contributed by atoms with Gasteiger partial charge in [-0.2, -0.15) is 0 Å². The third kappa shape index (κ3) is 4.24. The minimum Gasteiger partial charge on any atom is -0.355 e. The smallest absolute Gasteiger partial charge is 0.260 e. The summed E-state index contributed by atoms with van der Waals surface area (Å²) >= 11 is 0. The molecule has 3 heterocycles. The highest BCUT2D eigenvalue weighted by Gasteiger charge is 2.39.